The second-order valence-corrected chi connectivity index (χ2v) is 4.84. The summed E-state index contributed by atoms with van der Waals surface area (Å²) in [4.78, 5) is 0. The average molecular weight is 156 g/mol. The van der Waals surface area contributed by atoms with Crippen molar-refractivity contribution in [3.63, 3.8) is 0 Å². The van der Waals surface area contributed by atoms with Gasteiger partial charge < -0.3 is 0 Å². The summed E-state index contributed by atoms with van der Waals surface area (Å²) in [6, 6.07) is 0. The molecule has 0 aliphatic heterocycles. The number of hydrogen-bond donors (Lipinski definition) is 0. The molecule has 0 aromatic heterocycles. The zero-order valence-corrected chi connectivity index (χ0v) is 7.60. The van der Waals surface area contributed by atoms with Gasteiger partial charge in [0.05, 0.1) is 0 Å². The highest BCUT2D eigenvalue weighted by atomic mass is 19.1. The van der Waals surface area contributed by atoms with E-state index in [9.17, 15) is 4.39 Å². The quantitative estimate of drug-likeness (QED) is 0.547. The van der Waals surface area contributed by atoms with Crippen LogP contribution in [0.25, 0.3) is 0 Å². The third kappa shape index (κ3) is 0.929. The molecule has 0 aromatic rings. The van der Waals surface area contributed by atoms with Crippen LogP contribution in [0.3, 0.4) is 0 Å². The van der Waals surface area contributed by atoms with E-state index in [0.717, 1.165) is 24.7 Å². The zero-order valence-electron chi connectivity index (χ0n) is 7.60. The van der Waals surface area contributed by atoms with Crippen LogP contribution >= 0.6 is 0 Å². The molecule has 2 saturated carbocycles. The van der Waals surface area contributed by atoms with Crippen molar-refractivity contribution in [1.82, 2.24) is 0 Å². The van der Waals surface area contributed by atoms with E-state index in [-0.39, 0.29) is 0 Å². The summed E-state index contributed by atoms with van der Waals surface area (Å²) in [7, 11) is 0. The molecule has 0 N–H and O–H groups in total. The fourth-order valence-electron chi connectivity index (χ4n) is 2.74. The van der Waals surface area contributed by atoms with E-state index in [1.54, 1.807) is 6.92 Å². The monoisotopic (exact) mass is 156 g/mol. The Kier molecular flexibility index (Phi) is 1.37. The minimum atomic E-state index is -0.772. The number of alkyl halides is 1. The lowest BCUT2D eigenvalue weighted by Gasteiger charge is -2.18. The lowest BCUT2D eigenvalue weighted by atomic mass is 9.89. The molecule has 2 aliphatic rings. The van der Waals surface area contributed by atoms with Gasteiger partial charge in [0, 0.05) is 0 Å². The number of fused-ring (bicyclic) bond motifs is 1. The highest BCUT2D eigenvalue weighted by molar-refractivity contribution is 5.14. The van der Waals surface area contributed by atoms with E-state index in [0.29, 0.717) is 11.8 Å². The Labute approximate surface area is 68.2 Å². The summed E-state index contributed by atoms with van der Waals surface area (Å²) in [6.45, 7) is 6.29. The van der Waals surface area contributed by atoms with Crippen LogP contribution in [-0.4, -0.2) is 5.67 Å². The van der Waals surface area contributed by atoms with E-state index in [1.807, 2.05) is 0 Å². The van der Waals surface area contributed by atoms with E-state index in [1.165, 1.54) is 0 Å². The molecule has 0 heterocycles. The molecule has 0 radical (unpaired) electrons. The third-order valence-electron chi connectivity index (χ3n) is 3.88. The molecule has 11 heavy (non-hydrogen) atoms. The predicted molar refractivity (Wildman–Crippen MR) is 44.1 cm³/mol. The SMILES string of the molecule is CC(C)[C@H]1C[C@@H]2[C@H](C1)C2(C)F. The molecule has 0 nitrogen and oxygen atoms in total. The van der Waals surface area contributed by atoms with Gasteiger partial charge in [-0.1, -0.05) is 13.8 Å². The maximum Gasteiger partial charge on any atom is 0.114 e. The van der Waals surface area contributed by atoms with Gasteiger partial charge in [-0.3, -0.25) is 0 Å². The largest absolute Gasteiger partial charge is 0.244 e. The van der Waals surface area contributed by atoms with Gasteiger partial charge in [-0.2, -0.15) is 0 Å². The maximum atomic E-state index is 13.3. The summed E-state index contributed by atoms with van der Waals surface area (Å²) in [5, 5.41) is 0. The lowest BCUT2D eigenvalue weighted by molar-refractivity contribution is 0.222. The van der Waals surface area contributed by atoms with Crippen molar-refractivity contribution in [1.29, 1.82) is 0 Å². The van der Waals surface area contributed by atoms with Gasteiger partial charge in [0.1, 0.15) is 5.67 Å². The fraction of sp³-hybridized carbons (Fsp3) is 1.00. The van der Waals surface area contributed by atoms with Crippen molar-refractivity contribution < 1.29 is 4.39 Å². The van der Waals surface area contributed by atoms with Crippen molar-refractivity contribution >= 4 is 0 Å². The highest BCUT2D eigenvalue weighted by Gasteiger charge is 2.66. The molecule has 0 aromatic carbocycles. The van der Waals surface area contributed by atoms with Crippen LogP contribution in [0.4, 0.5) is 4.39 Å². The minimum absolute atomic E-state index is 0.426. The molecular formula is C10H17F. The topological polar surface area (TPSA) is 0 Å². The molecule has 2 fully saturated rings. The second kappa shape index (κ2) is 1.99. The number of halogens is 1. The van der Waals surface area contributed by atoms with Crippen LogP contribution in [0.15, 0.2) is 0 Å². The molecular weight excluding hydrogens is 139 g/mol. The van der Waals surface area contributed by atoms with Gasteiger partial charge in [0.25, 0.3) is 0 Å². The van der Waals surface area contributed by atoms with Gasteiger partial charge in [0.15, 0.2) is 0 Å². The van der Waals surface area contributed by atoms with Crippen LogP contribution in [0.1, 0.15) is 33.6 Å². The summed E-state index contributed by atoms with van der Waals surface area (Å²) in [5.41, 5.74) is -0.772. The minimum Gasteiger partial charge on any atom is -0.244 e. The van der Waals surface area contributed by atoms with Gasteiger partial charge >= 0.3 is 0 Å². The normalized spacial score (nSPS) is 54.8. The molecule has 0 bridgehead atoms. The third-order valence-corrected chi connectivity index (χ3v) is 3.88. The van der Waals surface area contributed by atoms with Gasteiger partial charge in [-0.05, 0) is 43.4 Å². The van der Waals surface area contributed by atoms with Gasteiger partial charge in [-0.15, -0.1) is 0 Å². The average Bonchev–Trinajstić information content (AvgIpc) is 2.28. The Hall–Kier alpha value is -0.0700. The highest BCUT2D eigenvalue weighted by Crippen LogP contribution is 2.65. The Bertz CT molecular complexity index is 158. The fourth-order valence-corrected chi connectivity index (χ4v) is 2.74. The molecule has 0 spiro atoms. The molecule has 0 amide bonds. The Morgan fingerprint density at radius 2 is 1.73 bits per heavy atom. The van der Waals surface area contributed by atoms with E-state index in [2.05, 4.69) is 13.8 Å². The van der Waals surface area contributed by atoms with Crippen molar-refractivity contribution in [3.8, 4) is 0 Å². The van der Waals surface area contributed by atoms with E-state index in [4.69, 9.17) is 0 Å². The number of hydrogen-bond acceptors (Lipinski definition) is 0. The van der Waals surface area contributed by atoms with Gasteiger partial charge in [0.2, 0.25) is 0 Å². The maximum absolute atomic E-state index is 13.3. The van der Waals surface area contributed by atoms with Crippen molar-refractivity contribution in [2.75, 3.05) is 0 Å². The second-order valence-electron chi connectivity index (χ2n) is 4.84. The standard InChI is InChI=1S/C10H17F/c1-6(2)7-4-8-9(5-7)10(8,3)11/h6-9H,4-5H2,1-3H3/t7-,8+,9-,10?. The lowest BCUT2D eigenvalue weighted by Crippen LogP contribution is -2.13. The molecule has 1 unspecified atom stereocenters. The van der Waals surface area contributed by atoms with Gasteiger partial charge in [-0.25, -0.2) is 4.39 Å². The first kappa shape index (κ1) is 7.57. The Morgan fingerprint density at radius 1 is 1.27 bits per heavy atom. The van der Waals surface area contributed by atoms with Crippen molar-refractivity contribution in [2.24, 2.45) is 23.7 Å². The first-order chi connectivity index (χ1) is 5.03. The predicted octanol–water partition coefficient (Wildman–Crippen LogP) is 3.03. The summed E-state index contributed by atoms with van der Waals surface area (Å²) in [5.74, 6) is 2.43. The Balaban J connectivity index is 1.95. The summed E-state index contributed by atoms with van der Waals surface area (Å²) >= 11 is 0. The molecule has 64 valence electrons. The van der Waals surface area contributed by atoms with Crippen LogP contribution in [0, 0.1) is 23.7 Å². The molecule has 2 aliphatic carbocycles. The van der Waals surface area contributed by atoms with Crippen molar-refractivity contribution in [3.05, 3.63) is 0 Å². The first-order valence-electron chi connectivity index (χ1n) is 4.72. The Morgan fingerprint density at radius 3 is 2.09 bits per heavy atom. The van der Waals surface area contributed by atoms with Crippen LogP contribution in [0.2, 0.25) is 0 Å². The van der Waals surface area contributed by atoms with Crippen molar-refractivity contribution in [2.45, 2.75) is 39.3 Å². The van der Waals surface area contributed by atoms with Crippen LogP contribution in [-0.2, 0) is 0 Å². The van der Waals surface area contributed by atoms with Crippen LogP contribution < -0.4 is 0 Å². The number of rotatable bonds is 1. The smallest absolute Gasteiger partial charge is 0.114 e. The summed E-state index contributed by atoms with van der Waals surface area (Å²) < 4.78 is 13.3. The molecule has 4 atom stereocenters. The molecule has 0 saturated heterocycles. The molecule has 2 rings (SSSR count). The van der Waals surface area contributed by atoms with E-state index < -0.39 is 5.67 Å². The molecule has 1 heteroatoms. The first-order valence-corrected chi connectivity index (χ1v) is 4.72. The zero-order chi connectivity index (χ0) is 8.22. The summed E-state index contributed by atoms with van der Waals surface area (Å²) in [6.07, 6.45) is 2.30. The van der Waals surface area contributed by atoms with E-state index >= 15 is 0 Å². The van der Waals surface area contributed by atoms with Crippen LogP contribution in [0.5, 0.6) is 0 Å².